The molecule has 2 heterocycles. The molecule has 44 heavy (non-hydrogen) atoms. The lowest BCUT2D eigenvalue weighted by Gasteiger charge is -2.34. The van der Waals surface area contributed by atoms with Crippen molar-refractivity contribution in [1.29, 1.82) is 0 Å². The molecular weight excluding hydrogens is 588 g/mol. The summed E-state index contributed by atoms with van der Waals surface area (Å²) in [7, 11) is 3.07. The summed E-state index contributed by atoms with van der Waals surface area (Å²) < 4.78 is 23.0. The van der Waals surface area contributed by atoms with E-state index < -0.39 is 17.6 Å². The van der Waals surface area contributed by atoms with Gasteiger partial charge in [-0.1, -0.05) is 37.6 Å². The van der Waals surface area contributed by atoms with Gasteiger partial charge in [-0.05, 0) is 49.9 Å². The second kappa shape index (κ2) is 14.6. The first-order valence-electron chi connectivity index (χ1n) is 15.0. The number of amides is 2. The number of esters is 1. The number of fused-ring (bicyclic) bond motifs is 1. The van der Waals surface area contributed by atoms with Crippen molar-refractivity contribution in [3.8, 4) is 11.5 Å². The van der Waals surface area contributed by atoms with Crippen LogP contribution in [-0.4, -0.2) is 81.0 Å². The predicted molar refractivity (Wildman–Crippen MR) is 166 cm³/mol. The van der Waals surface area contributed by atoms with E-state index in [0.29, 0.717) is 72.3 Å². The predicted octanol–water partition coefficient (Wildman–Crippen LogP) is 4.78. The number of para-hydroxylation sites is 1. The number of aliphatic hydroxyl groups is 1. The molecule has 0 bridgehead atoms. The Hall–Kier alpha value is -3.34. The zero-order valence-corrected chi connectivity index (χ0v) is 26.9. The molecule has 1 N–H and O–H groups in total. The largest absolute Gasteiger partial charge is 0.493 e. The van der Waals surface area contributed by atoms with Crippen LogP contribution in [0.25, 0.3) is 0 Å². The van der Waals surface area contributed by atoms with Crippen molar-refractivity contribution in [1.82, 2.24) is 4.90 Å². The first kappa shape index (κ1) is 33.6. The van der Waals surface area contributed by atoms with Crippen LogP contribution in [0.1, 0.15) is 63.7 Å². The van der Waals surface area contributed by atoms with Crippen molar-refractivity contribution in [2.24, 2.45) is 11.3 Å². The minimum Gasteiger partial charge on any atom is -0.493 e. The third-order valence-corrected chi connectivity index (χ3v) is 8.46. The maximum Gasteiger partial charge on any atom is 0.306 e. The molecule has 0 spiro atoms. The number of benzene rings is 2. The number of ether oxygens (including phenoxy) is 4. The molecule has 11 heteroatoms. The van der Waals surface area contributed by atoms with Gasteiger partial charge in [-0.2, -0.15) is 0 Å². The number of hydrogen-bond donors (Lipinski definition) is 1. The molecule has 10 nitrogen and oxygen atoms in total. The van der Waals surface area contributed by atoms with Gasteiger partial charge in [0.15, 0.2) is 11.5 Å². The number of rotatable bonds is 11. The molecule has 2 amide bonds. The Kier molecular flexibility index (Phi) is 11.2. The molecule has 2 aliphatic heterocycles. The third kappa shape index (κ3) is 7.65. The van der Waals surface area contributed by atoms with Crippen LogP contribution in [0.4, 0.5) is 5.69 Å². The monoisotopic (exact) mass is 630 g/mol. The first-order chi connectivity index (χ1) is 21.0. The number of halogens is 1. The molecule has 0 radical (unpaired) electrons. The van der Waals surface area contributed by atoms with Crippen LogP contribution in [0, 0.1) is 11.3 Å². The van der Waals surface area contributed by atoms with Crippen molar-refractivity contribution in [2.45, 2.75) is 58.7 Å². The molecule has 0 aliphatic carbocycles. The van der Waals surface area contributed by atoms with Crippen molar-refractivity contribution in [2.75, 3.05) is 52.0 Å². The van der Waals surface area contributed by atoms with Crippen LogP contribution in [0.15, 0.2) is 36.4 Å². The number of carbonyl (C=O) groups is 3. The van der Waals surface area contributed by atoms with Gasteiger partial charge >= 0.3 is 5.97 Å². The Labute approximate surface area is 264 Å². The van der Waals surface area contributed by atoms with E-state index in [2.05, 4.69) is 0 Å². The van der Waals surface area contributed by atoms with Gasteiger partial charge < -0.3 is 33.9 Å². The van der Waals surface area contributed by atoms with E-state index >= 15 is 0 Å². The zero-order chi connectivity index (χ0) is 32.0. The minimum atomic E-state index is -1.14. The standard InChI is InChI=1S/C33H43ClN2O8/c1-6-43-29(39)16-21-12-14-35(15-13-21)28(38)18-27-32(40)36(19-33(2,3)20-37)25-11-10-22(34)17-24(25)30(44-27)23-8-7-9-26(41-4)31(23)42-5/h7-11,17,21,27,30,37H,6,12-16,18-20H2,1-5H3/t27-,30?/m1/s1. The Morgan fingerprint density at radius 1 is 1.07 bits per heavy atom. The number of carbonyl (C=O) groups excluding carboxylic acids is 3. The van der Waals surface area contributed by atoms with Crippen LogP contribution in [0.5, 0.6) is 11.5 Å². The molecule has 2 aromatic rings. The van der Waals surface area contributed by atoms with Gasteiger partial charge in [0.1, 0.15) is 12.2 Å². The van der Waals surface area contributed by atoms with Crippen molar-refractivity contribution in [3.05, 3.63) is 52.5 Å². The fourth-order valence-corrected chi connectivity index (χ4v) is 6.02. The van der Waals surface area contributed by atoms with Crippen molar-refractivity contribution < 1.29 is 38.4 Å². The maximum absolute atomic E-state index is 14.3. The van der Waals surface area contributed by atoms with Crippen molar-refractivity contribution >= 4 is 35.1 Å². The summed E-state index contributed by atoms with van der Waals surface area (Å²) in [6, 6.07) is 10.6. The highest BCUT2D eigenvalue weighted by atomic mass is 35.5. The van der Waals surface area contributed by atoms with Gasteiger partial charge in [-0.3, -0.25) is 14.4 Å². The van der Waals surface area contributed by atoms with E-state index in [4.69, 9.17) is 30.5 Å². The molecule has 1 saturated heterocycles. The van der Waals surface area contributed by atoms with E-state index in [1.807, 2.05) is 26.0 Å². The number of aliphatic hydroxyl groups excluding tert-OH is 1. The lowest BCUT2D eigenvalue weighted by atomic mass is 9.92. The van der Waals surface area contributed by atoms with Crippen LogP contribution < -0.4 is 14.4 Å². The topological polar surface area (TPSA) is 115 Å². The van der Waals surface area contributed by atoms with Crippen molar-refractivity contribution in [3.63, 3.8) is 0 Å². The zero-order valence-electron chi connectivity index (χ0n) is 26.1. The second-order valence-electron chi connectivity index (χ2n) is 12.1. The van der Waals surface area contributed by atoms with Crippen LogP contribution in [-0.2, 0) is 23.9 Å². The quantitative estimate of drug-likeness (QED) is 0.353. The average molecular weight is 631 g/mol. The summed E-state index contributed by atoms with van der Waals surface area (Å²) in [4.78, 5) is 43.3. The van der Waals surface area contributed by atoms with Gasteiger partial charge in [0.2, 0.25) is 5.91 Å². The van der Waals surface area contributed by atoms with Gasteiger partial charge in [0.05, 0.1) is 27.2 Å². The SMILES string of the molecule is CCOC(=O)CC1CCN(C(=O)C[C@H]2OC(c3cccc(OC)c3OC)c3cc(Cl)ccc3N(CC(C)(C)CO)C2=O)CC1. The second-order valence-corrected chi connectivity index (χ2v) is 12.5. The number of hydrogen-bond acceptors (Lipinski definition) is 8. The fraction of sp³-hybridized carbons (Fsp3) is 0.545. The van der Waals surface area contributed by atoms with E-state index in [1.54, 1.807) is 48.1 Å². The normalized spacial score (nSPS) is 19.3. The molecule has 1 fully saturated rings. The summed E-state index contributed by atoms with van der Waals surface area (Å²) in [6.07, 6.45) is -0.458. The molecule has 0 saturated carbocycles. The highest BCUT2D eigenvalue weighted by Crippen LogP contribution is 2.45. The molecule has 240 valence electrons. The summed E-state index contributed by atoms with van der Waals surface area (Å²) in [5, 5.41) is 10.6. The fourth-order valence-electron chi connectivity index (χ4n) is 5.84. The van der Waals surface area contributed by atoms with E-state index in [1.165, 1.54) is 7.11 Å². The number of anilines is 1. The van der Waals surface area contributed by atoms with Crippen LogP contribution in [0.2, 0.25) is 5.02 Å². The Morgan fingerprint density at radius 2 is 1.80 bits per heavy atom. The van der Waals surface area contributed by atoms with Crippen LogP contribution >= 0.6 is 11.6 Å². The molecule has 2 aromatic carbocycles. The number of methoxy groups -OCH3 is 2. The lowest BCUT2D eigenvalue weighted by Crippen LogP contribution is -2.47. The highest BCUT2D eigenvalue weighted by molar-refractivity contribution is 6.30. The highest BCUT2D eigenvalue weighted by Gasteiger charge is 2.41. The van der Waals surface area contributed by atoms with E-state index in [-0.39, 0.29) is 43.3 Å². The van der Waals surface area contributed by atoms with E-state index in [0.717, 1.165) is 0 Å². The van der Waals surface area contributed by atoms with Gasteiger partial charge in [-0.15, -0.1) is 0 Å². The van der Waals surface area contributed by atoms with Gasteiger partial charge in [0.25, 0.3) is 5.91 Å². The van der Waals surface area contributed by atoms with E-state index in [9.17, 15) is 19.5 Å². The average Bonchev–Trinajstić information content (AvgIpc) is 3.11. The first-order valence-corrected chi connectivity index (χ1v) is 15.4. The Bertz CT molecular complexity index is 1340. The molecule has 2 aliphatic rings. The number of nitrogens with zero attached hydrogens (tertiary/aromatic N) is 2. The number of piperidine rings is 1. The van der Waals surface area contributed by atoms with Crippen LogP contribution in [0.3, 0.4) is 0 Å². The smallest absolute Gasteiger partial charge is 0.306 e. The lowest BCUT2D eigenvalue weighted by molar-refractivity contribution is -0.146. The van der Waals surface area contributed by atoms with Gasteiger partial charge in [-0.25, -0.2) is 0 Å². The summed E-state index contributed by atoms with van der Waals surface area (Å²) in [5.74, 6) is 0.263. The molecular formula is C33H43ClN2O8. The molecule has 2 atom stereocenters. The summed E-state index contributed by atoms with van der Waals surface area (Å²) in [5.41, 5.74) is 1.17. The third-order valence-electron chi connectivity index (χ3n) is 8.22. The molecule has 0 aromatic heterocycles. The number of likely N-dealkylation sites (tertiary alicyclic amines) is 1. The molecule has 1 unspecified atom stereocenters. The maximum atomic E-state index is 14.3. The Balaban J connectivity index is 1.69. The van der Waals surface area contributed by atoms with Gasteiger partial charge in [0, 0.05) is 59.9 Å². The minimum absolute atomic E-state index is 0.147. The Morgan fingerprint density at radius 3 is 2.43 bits per heavy atom. The summed E-state index contributed by atoms with van der Waals surface area (Å²) >= 11 is 6.50. The molecule has 4 rings (SSSR count). The summed E-state index contributed by atoms with van der Waals surface area (Å²) in [6.45, 7) is 6.85.